The van der Waals surface area contributed by atoms with Crippen LogP contribution in [0.25, 0.3) is 0 Å². The molecule has 4 aromatic carbocycles. The second-order valence-electron chi connectivity index (χ2n) is 13.3. The van der Waals surface area contributed by atoms with Crippen molar-refractivity contribution in [1.29, 1.82) is 0 Å². The van der Waals surface area contributed by atoms with E-state index in [1.165, 1.54) is 0 Å². The Morgan fingerprint density at radius 3 is 1.50 bits per heavy atom. The molecule has 4 aromatic rings. The van der Waals surface area contributed by atoms with Gasteiger partial charge < -0.3 is 52.8 Å². The Morgan fingerprint density at radius 2 is 0.981 bits per heavy atom. The smallest absolute Gasteiger partial charge is 0.231 e. The SMILES string of the molecule is COc1ccc([C@@H](O)[C@@H](C)Oc2ccc(C3OC(c4ccc(O[C@H](C)[C@H](O)c5ccc6c(c5)OCO6)c(OC)c4)[C@H](C)[C@H]3C)cc2OC)cc1OC. The Morgan fingerprint density at radius 1 is 0.538 bits per heavy atom. The monoisotopic (exact) mass is 716 g/mol. The van der Waals surface area contributed by atoms with E-state index in [1.54, 1.807) is 71.8 Å². The maximum absolute atomic E-state index is 11.1. The van der Waals surface area contributed by atoms with Crippen molar-refractivity contribution in [2.45, 2.75) is 64.3 Å². The van der Waals surface area contributed by atoms with Gasteiger partial charge in [0, 0.05) is 0 Å². The Hall–Kier alpha value is -4.84. The highest BCUT2D eigenvalue weighted by Gasteiger charge is 2.41. The third-order valence-electron chi connectivity index (χ3n) is 10.1. The number of aliphatic hydroxyl groups excluding tert-OH is 2. The van der Waals surface area contributed by atoms with Crippen molar-refractivity contribution < 1.29 is 52.8 Å². The molecule has 6 rings (SSSR count). The standard InChI is InChI=1S/C41H48O11/c1-22-23(2)41(29-12-16-33(36(20-29)47-8)51-25(4)39(43)27-10-14-31-37(18-27)49-21-48-31)52-40(22)28-11-15-32(35(19-28)46-7)50-24(3)38(42)26-9-13-30(44-5)34(17-26)45-6/h9-20,22-25,38-43H,21H2,1-8H3/t22-,23-,24-,25-,38+,39+,40?,41?/m1/s1. The van der Waals surface area contributed by atoms with Crippen LogP contribution in [0, 0.1) is 11.8 Å². The quantitative estimate of drug-likeness (QED) is 0.135. The maximum Gasteiger partial charge on any atom is 0.231 e. The number of fused-ring (bicyclic) bond motifs is 1. The summed E-state index contributed by atoms with van der Waals surface area (Å²) in [7, 11) is 6.31. The summed E-state index contributed by atoms with van der Waals surface area (Å²) in [6.45, 7) is 8.14. The number of hydrogen-bond acceptors (Lipinski definition) is 11. The van der Waals surface area contributed by atoms with Crippen LogP contribution in [0.2, 0.25) is 0 Å². The average molecular weight is 717 g/mol. The molecule has 2 aliphatic heterocycles. The summed E-state index contributed by atoms with van der Waals surface area (Å²) in [5.74, 6) is 4.80. The second kappa shape index (κ2) is 15.8. The summed E-state index contributed by atoms with van der Waals surface area (Å²) >= 11 is 0. The van der Waals surface area contributed by atoms with Crippen LogP contribution in [0.4, 0.5) is 0 Å². The van der Waals surface area contributed by atoms with Gasteiger partial charge in [0.25, 0.3) is 0 Å². The van der Waals surface area contributed by atoms with E-state index in [4.69, 9.17) is 42.6 Å². The molecule has 2 aliphatic rings. The summed E-state index contributed by atoms with van der Waals surface area (Å²) in [4.78, 5) is 0. The summed E-state index contributed by atoms with van der Waals surface area (Å²) in [6.07, 6.45) is -3.43. The molecule has 0 aromatic heterocycles. The highest BCUT2D eigenvalue weighted by Crippen LogP contribution is 2.51. The first kappa shape index (κ1) is 36.9. The third kappa shape index (κ3) is 7.39. The molecule has 11 heteroatoms. The summed E-state index contributed by atoms with van der Waals surface area (Å²) in [6, 6.07) is 22.2. The van der Waals surface area contributed by atoms with E-state index in [2.05, 4.69) is 13.8 Å². The van der Waals surface area contributed by atoms with Crippen LogP contribution < -0.4 is 37.9 Å². The first-order chi connectivity index (χ1) is 25.1. The highest BCUT2D eigenvalue weighted by atomic mass is 16.7. The van der Waals surface area contributed by atoms with Gasteiger partial charge in [-0.1, -0.05) is 38.1 Å². The number of aliphatic hydroxyl groups is 2. The highest BCUT2D eigenvalue weighted by molar-refractivity contribution is 5.48. The van der Waals surface area contributed by atoms with Crippen LogP contribution in [0.5, 0.6) is 46.0 Å². The lowest BCUT2D eigenvalue weighted by Crippen LogP contribution is -2.22. The normalized spacial score (nSPS) is 21.5. The van der Waals surface area contributed by atoms with E-state index in [0.717, 1.165) is 11.1 Å². The third-order valence-corrected chi connectivity index (χ3v) is 10.1. The van der Waals surface area contributed by atoms with E-state index in [0.29, 0.717) is 57.1 Å². The van der Waals surface area contributed by atoms with Gasteiger partial charge in [0.05, 0.1) is 40.6 Å². The Bertz CT molecular complexity index is 1840. The van der Waals surface area contributed by atoms with Gasteiger partial charge in [0.15, 0.2) is 46.0 Å². The molecule has 1 saturated heterocycles. The number of benzene rings is 4. The molecule has 0 radical (unpaired) electrons. The van der Waals surface area contributed by atoms with E-state index >= 15 is 0 Å². The minimum Gasteiger partial charge on any atom is -0.493 e. The molecule has 0 amide bonds. The molecule has 0 aliphatic carbocycles. The number of hydrogen-bond donors (Lipinski definition) is 2. The molecule has 52 heavy (non-hydrogen) atoms. The van der Waals surface area contributed by atoms with Crippen LogP contribution in [0.15, 0.2) is 72.8 Å². The van der Waals surface area contributed by atoms with Crippen molar-refractivity contribution in [3.8, 4) is 46.0 Å². The molecule has 0 spiro atoms. The average Bonchev–Trinajstić information content (AvgIpc) is 3.77. The topological polar surface area (TPSA) is 124 Å². The summed E-state index contributed by atoms with van der Waals surface area (Å²) in [5, 5.41) is 22.2. The van der Waals surface area contributed by atoms with E-state index in [-0.39, 0.29) is 30.8 Å². The molecular weight excluding hydrogens is 668 g/mol. The van der Waals surface area contributed by atoms with Crippen molar-refractivity contribution in [2.24, 2.45) is 11.8 Å². The number of ether oxygens (including phenoxy) is 9. The Balaban J connectivity index is 1.14. The van der Waals surface area contributed by atoms with E-state index in [9.17, 15) is 10.2 Å². The van der Waals surface area contributed by atoms with Crippen molar-refractivity contribution in [2.75, 3.05) is 35.2 Å². The minimum atomic E-state index is -0.930. The zero-order chi connectivity index (χ0) is 37.1. The zero-order valence-electron chi connectivity index (χ0n) is 30.8. The molecule has 11 nitrogen and oxygen atoms in total. The van der Waals surface area contributed by atoms with Gasteiger partial charge in [-0.25, -0.2) is 0 Å². The summed E-state index contributed by atoms with van der Waals surface area (Å²) in [5.41, 5.74) is 3.22. The lowest BCUT2D eigenvalue weighted by Gasteiger charge is -2.24. The fourth-order valence-corrected chi connectivity index (χ4v) is 6.84. The molecule has 0 bridgehead atoms. The van der Waals surface area contributed by atoms with Gasteiger partial charge >= 0.3 is 0 Å². The molecule has 2 N–H and O–H groups in total. The van der Waals surface area contributed by atoms with Crippen LogP contribution in [0.3, 0.4) is 0 Å². The Kier molecular flexibility index (Phi) is 11.2. The Labute approximate surface area is 304 Å². The fraction of sp³-hybridized carbons (Fsp3) is 0.415. The van der Waals surface area contributed by atoms with Gasteiger partial charge in [-0.05, 0) is 96.5 Å². The number of methoxy groups -OCH3 is 4. The molecule has 1 fully saturated rings. The van der Waals surface area contributed by atoms with Crippen molar-refractivity contribution in [3.05, 3.63) is 95.1 Å². The maximum atomic E-state index is 11.1. The lowest BCUT2D eigenvalue weighted by atomic mass is 9.85. The number of rotatable bonds is 14. The van der Waals surface area contributed by atoms with Gasteiger partial charge in [0.1, 0.15) is 24.4 Å². The van der Waals surface area contributed by atoms with Crippen LogP contribution in [-0.4, -0.2) is 57.7 Å². The summed E-state index contributed by atoms with van der Waals surface area (Å²) < 4.78 is 52.3. The first-order valence-corrected chi connectivity index (χ1v) is 17.4. The van der Waals surface area contributed by atoms with E-state index < -0.39 is 24.4 Å². The van der Waals surface area contributed by atoms with Crippen LogP contribution in [0.1, 0.15) is 74.4 Å². The fourth-order valence-electron chi connectivity index (χ4n) is 6.84. The van der Waals surface area contributed by atoms with Gasteiger partial charge in [-0.3, -0.25) is 0 Å². The first-order valence-electron chi connectivity index (χ1n) is 17.4. The lowest BCUT2D eigenvalue weighted by molar-refractivity contribution is 0.0281. The molecule has 0 saturated carbocycles. The molecule has 278 valence electrons. The van der Waals surface area contributed by atoms with Crippen LogP contribution >= 0.6 is 0 Å². The van der Waals surface area contributed by atoms with E-state index in [1.807, 2.05) is 43.3 Å². The van der Waals surface area contributed by atoms with Crippen molar-refractivity contribution >= 4 is 0 Å². The largest absolute Gasteiger partial charge is 0.493 e. The molecule has 2 unspecified atom stereocenters. The zero-order valence-corrected chi connectivity index (χ0v) is 30.8. The second-order valence-corrected chi connectivity index (χ2v) is 13.3. The molecule has 2 heterocycles. The van der Waals surface area contributed by atoms with Crippen molar-refractivity contribution in [1.82, 2.24) is 0 Å². The predicted octanol–water partition coefficient (Wildman–Crippen LogP) is 7.54. The predicted molar refractivity (Wildman–Crippen MR) is 193 cm³/mol. The van der Waals surface area contributed by atoms with Crippen LogP contribution in [-0.2, 0) is 4.74 Å². The van der Waals surface area contributed by atoms with Gasteiger partial charge in [0.2, 0.25) is 6.79 Å². The molecule has 8 atom stereocenters. The van der Waals surface area contributed by atoms with Gasteiger partial charge in [-0.2, -0.15) is 0 Å². The minimum absolute atomic E-state index is 0.164. The molecular formula is C41H48O11. The van der Waals surface area contributed by atoms with Crippen molar-refractivity contribution in [3.63, 3.8) is 0 Å². The van der Waals surface area contributed by atoms with Gasteiger partial charge in [-0.15, -0.1) is 0 Å².